The van der Waals surface area contributed by atoms with Crippen molar-refractivity contribution < 1.29 is 32.5 Å². The van der Waals surface area contributed by atoms with Crippen molar-refractivity contribution in [2.24, 2.45) is 5.92 Å². The Kier molecular flexibility index (Phi) is 7.49. The molecular formula is C23H26FN4O6P. The third-order valence-corrected chi connectivity index (χ3v) is 7.42. The van der Waals surface area contributed by atoms with Crippen LogP contribution in [-0.4, -0.2) is 45.9 Å². The van der Waals surface area contributed by atoms with Crippen LogP contribution in [0.5, 0.6) is 5.75 Å². The highest BCUT2D eigenvalue weighted by Gasteiger charge is 2.36. The molecule has 186 valence electrons. The average Bonchev–Trinajstić information content (AvgIpc) is 3.42. The van der Waals surface area contributed by atoms with Gasteiger partial charge in [0.05, 0.1) is 30.7 Å². The van der Waals surface area contributed by atoms with Crippen LogP contribution in [0.15, 0.2) is 60.8 Å². The number of para-hydroxylation sites is 1. The monoisotopic (exact) mass is 504 g/mol. The van der Waals surface area contributed by atoms with E-state index in [0.717, 1.165) is 6.08 Å². The number of nitrogen functional groups attached to an aromatic ring is 1. The summed E-state index contributed by atoms with van der Waals surface area (Å²) in [5.74, 6) is -1.47. The molecular weight excluding hydrogens is 478 g/mol. The molecule has 2 N–H and O–H groups in total. The lowest BCUT2D eigenvalue weighted by Crippen LogP contribution is -2.22. The van der Waals surface area contributed by atoms with Crippen molar-refractivity contribution in [2.75, 3.05) is 24.9 Å². The van der Waals surface area contributed by atoms with E-state index < -0.39 is 43.9 Å². The first-order chi connectivity index (χ1) is 16.8. The fourth-order valence-corrected chi connectivity index (χ4v) is 5.70. The number of ether oxygens (including phenoxy) is 3. The van der Waals surface area contributed by atoms with E-state index in [9.17, 15) is 13.8 Å². The Bertz CT molecular complexity index is 1270. The fourth-order valence-electron chi connectivity index (χ4n) is 3.61. The van der Waals surface area contributed by atoms with Gasteiger partial charge in [0.2, 0.25) is 0 Å². The molecule has 0 aliphatic carbocycles. The van der Waals surface area contributed by atoms with Gasteiger partial charge in [-0.25, -0.2) is 14.4 Å². The van der Waals surface area contributed by atoms with Gasteiger partial charge in [0.15, 0.2) is 24.0 Å². The van der Waals surface area contributed by atoms with Crippen molar-refractivity contribution >= 4 is 30.2 Å². The summed E-state index contributed by atoms with van der Waals surface area (Å²) >= 11 is 0. The molecule has 2 aromatic heterocycles. The molecule has 1 aromatic carbocycles. The molecule has 0 saturated heterocycles. The third-order valence-electron chi connectivity index (χ3n) is 5.23. The predicted octanol–water partition coefficient (Wildman–Crippen LogP) is 4.25. The topological polar surface area (TPSA) is 128 Å². The number of nitrogens with two attached hydrogens (primary N) is 1. The zero-order valence-corrected chi connectivity index (χ0v) is 20.1. The van der Waals surface area contributed by atoms with Gasteiger partial charge in [-0.1, -0.05) is 25.1 Å². The van der Waals surface area contributed by atoms with Crippen LogP contribution >= 0.6 is 7.37 Å². The number of fused-ring (bicyclic) bond motifs is 1. The van der Waals surface area contributed by atoms with Gasteiger partial charge in [0, 0.05) is 12.3 Å². The molecule has 0 bridgehead atoms. The number of halogens is 1. The lowest BCUT2D eigenvalue weighted by molar-refractivity contribution is -0.146. The third kappa shape index (κ3) is 5.70. The maximum absolute atomic E-state index is 14.8. The van der Waals surface area contributed by atoms with Gasteiger partial charge < -0.3 is 24.5 Å². The number of rotatable bonds is 10. The van der Waals surface area contributed by atoms with Crippen molar-refractivity contribution in [3.63, 3.8) is 0 Å². The van der Waals surface area contributed by atoms with E-state index in [1.807, 2.05) is 0 Å². The van der Waals surface area contributed by atoms with E-state index in [0.29, 0.717) is 22.6 Å². The number of hydrogen-bond acceptors (Lipinski definition) is 9. The highest BCUT2D eigenvalue weighted by Crippen LogP contribution is 2.49. The number of imidazole rings is 1. The first-order valence-corrected chi connectivity index (χ1v) is 13.0. The molecule has 1 aliphatic heterocycles. The Labute approximate surface area is 201 Å². The number of pyridine rings is 1. The normalized spacial score (nSPS) is 20.3. The molecule has 1 aliphatic rings. The van der Waals surface area contributed by atoms with Gasteiger partial charge >= 0.3 is 5.97 Å². The molecule has 10 nitrogen and oxygen atoms in total. The van der Waals surface area contributed by atoms with Crippen LogP contribution in [0.25, 0.3) is 11.2 Å². The number of nitrogens with zero attached hydrogens (tertiary/aromatic N) is 3. The van der Waals surface area contributed by atoms with E-state index in [1.54, 1.807) is 50.2 Å². The molecule has 0 spiro atoms. The lowest BCUT2D eigenvalue weighted by atomic mass is 10.2. The second kappa shape index (κ2) is 10.6. The maximum Gasteiger partial charge on any atom is 0.309 e. The van der Waals surface area contributed by atoms with Crippen molar-refractivity contribution in [2.45, 2.75) is 26.4 Å². The summed E-state index contributed by atoms with van der Waals surface area (Å²) in [7, 11) is -3.58. The summed E-state index contributed by atoms with van der Waals surface area (Å²) in [6.07, 6.45) is 1.13. The van der Waals surface area contributed by atoms with Gasteiger partial charge in [0.1, 0.15) is 17.6 Å². The predicted molar refractivity (Wildman–Crippen MR) is 126 cm³/mol. The second-order valence-electron chi connectivity index (χ2n) is 7.98. The molecule has 3 aromatic rings. The maximum atomic E-state index is 14.8. The standard InChI is InChI=1S/C23H26FN4O6P/c1-3-31-23(29)15(2)12-35(30,34-16-7-5-4-6-8-16)14-32-19-11-17(24)22(33-19)28-13-27-20-18(25)9-10-26-21(20)28/h4-11,13,15,19,22H,3,12,14H2,1-2H3,(H2,25,26)/t15-,19?,22-,35-/m1/s1. The largest absolute Gasteiger partial charge is 0.466 e. The average molecular weight is 504 g/mol. The Morgan fingerprint density at radius 2 is 2.06 bits per heavy atom. The minimum atomic E-state index is -3.58. The van der Waals surface area contributed by atoms with Gasteiger partial charge in [0.25, 0.3) is 7.37 Å². The lowest BCUT2D eigenvalue weighted by Gasteiger charge is -2.23. The van der Waals surface area contributed by atoms with Crippen LogP contribution in [0.1, 0.15) is 20.1 Å². The van der Waals surface area contributed by atoms with Crippen molar-refractivity contribution in [3.05, 3.63) is 60.8 Å². The Morgan fingerprint density at radius 1 is 1.29 bits per heavy atom. The number of aromatic nitrogens is 3. The second-order valence-corrected chi connectivity index (χ2v) is 10.4. The molecule has 0 fully saturated rings. The molecule has 35 heavy (non-hydrogen) atoms. The number of esters is 1. The Balaban J connectivity index is 1.47. The van der Waals surface area contributed by atoms with Gasteiger partial charge in [-0.05, 0) is 25.1 Å². The summed E-state index contributed by atoms with van der Waals surface area (Å²) in [5, 5.41) is 0. The molecule has 0 radical (unpaired) electrons. The molecule has 3 heterocycles. The van der Waals surface area contributed by atoms with Crippen LogP contribution in [0, 0.1) is 5.92 Å². The van der Waals surface area contributed by atoms with Gasteiger partial charge in [-0.2, -0.15) is 0 Å². The van der Waals surface area contributed by atoms with Crippen LogP contribution in [0.4, 0.5) is 10.1 Å². The number of carbonyl (C=O) groups excluding carboxylic acids is 1. The number of carbonyl (C=O) groups is 1. The van der Waals surface area contributed by atoms with E-state index in [2.05, 4.69) is 9.97 Å². The molecule has 4 rings (SSSR count). The first-order valence-electron chi connectivity index (χ1n) is 11.0. The van der Waals surface area contributed by atoms with E-state index >= 15 is 0 Å². The van der Waals surface area contributed by atoms with Crippen molar-refractivity contribution in [3.8, 4) is 5.75 Å². The zero-order chi connectivity index (χ0) is 25.0. The van der Waals surface area contributed by atoms with Gasteiger partial charge in [-0.3, -0.25) is 13.9 Å². The van der Waals surface area contributed by atoms with E-state index in [-0.39, 0.29) is 12.8 Å². The van der Waals surface area contributed by atoms with Crippen LogP contribution < -0.4 is 10.3 Å². The molecule has 0 saturated carbocycles. The Morgan fingerprint density at radius 3 is 2.80 bits per heavy atom. The molecule has 1 unspecified atom stereocenters. The number of benzene rings is 1. The quantitative estimate of drug-likeness (QED) is 0.318. The summed E-state index contributed by atoms with van der Waals surface area (Å²) in [5.41, 5.74) is 7.07. The molecule has 4 atom stereocenters. The van der Waals surface area contributed by atoms with Crippen LogP contribution in [0.2, 0.25) is 0 Å². The fraction of sp³-hybridized carbons (Fsp3) is 0.348. The highest BCUT2D eigenvalue weighted by molar-refractivity contribution is 7.59. The summed E-state index contributed by atoms with van der Waals surface area (Å²) in [6.45, 7) is 3.49. The van der Waals surface area contributed by atoms with E-state index in [4.69, 9.17) is 24.5 Å². The van der Waals surface area contributed by atoms with Crippen LogP contribution in [0.3, 0.4) is 0 Å². The molecule has 12 heteroatoms. The first kappa shape index (κ1) is 24.8. The molecule has 0 amide bonds. The minimum absolute atomic E-state index is 0.127. The van der Waals surface area contributed by atoms with Gasteiger partial charge in [-0.15, -0.1) is 0 Å². The highest BCUT2D eigenvalue weighted by atomic mass is 31.2. The smallest absolute Gasteiger partial charge is 0.309 e. The zero-order valence-electron chi connectivity index (χ0n) is 19.2. The number of hydrogen-bond donors (Lipinski definition) is 1. The van der Waals surface area contributed by atoms with E-state index in [1.165, 1.54) is 17.1 Å². The summed E-state index contributed by atoms with van der Waals surface area (Å²) in [6, 6.07) is 10.1. The Hall–Kier alpha value is -3.27. The van der Waals surface area contributed by atoms with Crippen molar-refractivity contribution in [1.82, 2.24) is 14.5 Å². The summed E-state index contributed by atoms with van der Waals surface area (Å²) < 4.78 is 52.0. The van der Waals surface area contributed by atoms with Crippen LogP contribution in [-0.2, 0) is 23.6 Å². The van der Waals surface area contributed by atoms with Crippen molar-refractivity contribution in [1.29, 1.82) is 0 Å². The number of anilines is 1. The minimum Gasteiger partial charge on any atom is -0.466 e. The summed E-state index contributed by atoms with van der Waals surface area (Å²) in [4.78, 5) is 20.5. The SMILES string of the molecule is CCOC(=O)[C@H](C)C[P@](=O)(COC1C=C(F)[C@H](n2cnc3c(N)ccnc32)O1)Oc1ccccc1.